The lowest BCUT2D eigenvalue weighted by Crippen LogP contribution is -2.24. The maximum Gasteiger partial charge on any atom is 0.254 e. The summed E-state index contributed by atoms with van der Waals surface area (Å²) in [5, 5.41) is 2.56. The molecule has 1 saturated carbocycles. The number of hydrogen-bond donors (Lipinski definition) is 1. The van der Waals surface area contributed by atoms with Crippen LogP contribution in [0.1, 0.15) is 28.8 Å². The summed E-state index contributed by atoms with van der Waals surface area (Å²) in [6.45, 7) is 0.828. The first-order valence-corrected chi connectivity index (χ1v) is 7.43. The second-order valence-corrected chi connectivity index (χ2v) is 5.56. The summed E-state index contributed by atoms with van der Waals surface area (Å²) in [4.78, 5) is 16.0. The molecule has 120 valence electrons. The Bertz CT molecular complexity index is 717. The number of halogens is 2. The third-order valence-corrected chi connectivity index (χ3v) is 3.59. The van der Waals surface area contributed by atoms with Crippen LogP contribution < -0.4 is 10.1 Å². The highest BCUT2D eigenvalue weighted by atomic mass is 19.1. The molecule has 0 radical (unpaired) electrons. The van der Waals surface area contributed by atoms with Gasteiger partial charge in [-0.1, -0.05) is 0 Å². The molecule has 1 aliphatic carbocycles. The van der Waals surface area contributed by atoms with Crippen LogP contribution in [-0.4, -0.2) is 17.5 Å². The lowest BCUT2D eigenvalue weighted by Gasteiger charge is -2.08. The van der Waals surface area contributed by atoms with E-state index in [1.807, 2.05) is 0 Å². The molecule has 1 aromatic heterocycles. The fourth-order valence-electron chi connectivity index (χ4n) is 2.08. The molecule has 1 fully saturated rings. The largest absolute Gasteiger partial charge is 0.477 e. The monoisotopic (exact) mass is 318 g/mol. The standard InChI is InChI=1S/C17H16F2N2O2/c18-13-3-4-15(19)14(8-13)17(22)21-9-12-5-6-20-16(7-12)23-10-11-1-2-11/h3-8,11H,1-2,9-10H2,(H,21,22). The number of nitrogens with one attached hydrogen (secondary N) is 1. The summed E-state index contributed by atoms with van der Waals surface area (Å²) in [6, 6.07) is 6.23. The Balaban J connectivity index is 1.59. The normalized spacial score (nSPS) is 13.7. The van der Waals surface area contributed by atoms with E-state index in [9.17, 15) is 13.6 Å². The predicted molar refractivity (Wildman–Crippen MR) is 80.0 cm³/mol. The van der Waals surface area contributed by atoms with Crippen LogP contribution in [0.15, 0.2) is 36.5 Å². The minimum absolute atomic E-state index is 0.178. The molecule has 0 aliphatic heterocycles. The van der Waals surface area contributed by atoms with E-state index in [0.29, 0.717) is 18.4 Å². The Kier molecular flexibility index (Phi) is 4.50. The smallest absolute Gasteiger partial charge is 0.254 e. The summed E-state index contributed by atoms with van der Waals surface area (Å²) in [5.41, 5.74) is 0.459. The molecule has 1 aromatic carbocycles. The maximum atomic E-state index is 13.5. The number of ether oxygens (including phenoxy) is 1. The molecule has 0 bridgehead atoms. The third kappa shape index (κ3) is 4.25. The zero-order valence-electron chi connectivity index (χ0n) is 12.4. The molecular formula is C17H16F2N2O2. The van der Waals surface area contributed by atoms with Crippen molar-refractivity contribution in [2.24, 2.45) is 5.92 Å². The van der Waals surface area contributed by atoms with Gasteiger partial charge in [-0.05, 0) is 48.6 Å². The van der Waals surface area contributed by atoms with Gasteiger partial charge in [0.25, 0.3) is 5.91 Å². The minimum atomic E-state index is -0.757. The van der Waals surface area contributed by atoms with Crippen molar-refractivity contribution in [3.05, 3.63) is 59.3 Å². The van der Waals surface area contributed by atoms with E-state index in [-0.39, 0.29) is 12.1 Å². The number of aromatic nitrogens is 1. The highest BCUT2D eigenvalue weighted by Gasteiger charge is 2.22. The molecule has 6 heteroatoms. The minimum Gasteiger partial charge on any atom is -0.477 e. The number of rotatable bonds is 6. The average Bonchev–Trinajstić information content (AvgIpc) is 3.38. The van der Waals surface area contributed by atoms with Crippen molar-refractivity contribution in [2.75, 3.05) is 6.61 Å². The second kappa shape index (κ2) is 6.73. The molecule has 0 spiro atoms. The van der Waals surface area contributed by atoms with E-state index in [4.69, 9.17) is 4.74 Å². The summed E-state index contributed by atoms with van der Waals surface area (Å²) in [7, 11) is 0. The molecule has 1 aliphatic rings. The Morgan fingerprint density at radius 1 is 1.26 bits per heavy atom. The Morgan fingerprint density at radius 2 is 2.09 bits per heavy atom. The maximum absolute atomic E-state index is 13.5. The van der Waals surface area contributed by atoms with E-state index >= 15 is 0 Å². The van der Waals surface area contributed by atoms with Crippen molar-refractivity contribution in [2.45, 2.75) is 19.4 Å². The van der Waals surface area contributed by atoms with Crippen LogP contribution in [0.3, 0.4) is 0 Å². The molecule has 1 heterocycles. The van der Waals surface area contributed by atoms with Crippen LogP contribution in [0, 0.1) is 17.6 Å². The molecular weight excluding hydrogens is 302 g/mol. The number of pyridine rings is 1. The molecule has 0 unspecified atom stereocenters. The highest BCUT2D eigenvalue weighted by molar-refractivity contribution is 5.94. The molecule has 0 saturated heterocycles. The van der Waals surface area contributed by atoms with E-state index in [2.05, 4.69) is 10.3 Å². The molecule has 3 rings (SSSR count). The molecule has 0 atom stereocenters. The fourth-order valence-corrected chi connectivity index (χ4v) is 2.08. The first-order chi connectivity index (χ1) is 11.1. The van der Waals surface area contributed by atoms with Gasteiger partial charge < -0.3 is 10.1 Å². The van der Waals surface area contributed by atoms with Crippen molar-refractivity contribution in [3.8, 4) is 5.88 Å². The van der Waals surface area contributed by atoms with Crippen LogP contribution in [-0.2, 0) is 6.54 Å². The van der Waals surface area contributed by atoms with Crippen molar-refractivity contribution >= 4 is 5.91 Å². The van der Waals surface area contributed by atoms with Gasteiger partial charge in [-0.25, -0.2) is 13.8 Å². The van der Waals surface area contributed by atoms with Gasteiger partial charge in [0.1, 0.15) is 11.6 Å². The van der Waals surface area contributed by atoms with Crippen LogP contribution in [0.5, 0.6) is 5.88 Å². The average molecular weight is 318 g/mol. The Morgan fingerprint density at radius 3 is 2.87 bits per heavy atom. The first-order valence-electron chi connectivity index (χ1n) is 7.43. The Labute approximate surface area is 132 Å². The van der Waals surface area contributed by atoms with Gasteiger partial charge in [0.15, 0.2) is 0 Å². The van der Waals surface area contributed by atoms with Gasteiger partial charge in [0.05, 0.1) is 12.2 Å². The number of benzene rings is 1. The van der Waals surface area contributed by atoms with Crippen molar-refractivity contribution in [3.63, 3.8) is 0 Å². The van der Waals surface area contributed by atoms with Gasteiger partial charge in [-0.3, -0.25) is 4.79 Å². The number of nitrogens with zero attached hydrogens (tertiary/aromatic N) is 1. The Hall–Kier alpha value is -2.50. The number of carbonyl (C=O) groups is 1. The SMILES string of the molecule is O=C(NCc1ccnc(OCC2CC2)c1)c1cc(F)ccc1F. The topological polar surface area (TPSA) is 51.2 Å². The molecule has 2 aromatic rings. The van der Waals surface area contributed by atoms with E-state index in [1.165, 1.54) is 12.8 Å². The zero-order chi connectivity index (χ0) is 16.2. The van der Waals surface area contributed by atoms with Crippen LogP contribution in [0.25, 0.3) is 0 Å². The van der Waals surface area contributed by atoms with Crippen LogP contribution in [0.2, 0.25) is 0 Å². The summed E-state index contributed by atoms with van der Waals surface area (Å²) in [6.07, 6.45) is 3.97. The van der Waals surface area contributed by atoms with Gasteiger partial charge in [0.2, 0.25) is 5.88 Å². The van der Waals surface area contributed by atoms with E-state index in [1.54, 1.807) is 18.3 Å². The number of amides is 1. The van der Waals surface area contributed by atoms with Crippen molar-refractivity contribution in [1.29, 1.82) is 0 Å². The van der Waals surface area contributed by atoms with Crippen LogP contribution >= 0.6 is 0 Å². The third-order valence-electron chi connectivity index (χ3n) is 3.59. The lowest BCUT2D eigenvalue weighted by molar-refractivity contribution is 0.0946. The number of hydrogen-bond acceptors (Lipinski definition) is 3. The highest BCUT2D eigenvalue weighted by Crippen LogP contribution is 2.29. The van der Waals surface area contributed by atoms with Gasteiger partial charge >= 0.3 is 0 Å². The molecule has 1 N–H and O–H groups in total. The molecule has 23 heavy (non-hydrogen) atoms. The van der Waals surface area contributed by atoms with Crippen molar-refractivity contribution in [1.82, 2.24) is 10.3 Å². The van der Waals surface area contributed by atoms with Gasteiger partial charge in [-0.2, -0.15) is 0 Å². The zero-order valence-corrected chi connectivity index (χ0v) is 12.4. The number of carbonyl (C=O) groups excluding carboxylic acids is 1. The predicted octanol–water partition coefficient (Wildman–Crippen LogP) is 3.08. The lowest BCUT2D eigenvalue weighted by atomic mass is 10.2. The quantitative estimate of drug-likeness (QED) is 0.890. The second-order valence-electron chi connectivity index (χ2n) is 5.56. The van der Waals surface area contributed by atoms with Gasteiger partial charge in [0, 0.05) is 18.8 Å². The molecule has 1 amide bonds. The summed E-state index contributed by atoms with van der Waals surface area (Å²) < 4.78 is 32.2. The van der Waals surface area contributed by atoms with Crippen molar-refractivity contribution < 1.29 is 18.3 Å². The summed E-state index contributed by atoms with van der Waals surface area (Å²) >= 11 is 0. The molecule has 4 nitrogen and oxygen atoms in total. The first kappa shape index (κ1) is 15.4. The van der Waals surface area contributed by atoms with Crippen LogP contribution in [0.4, 0.5) is 8.78 Å². The summed E-state index contributed by atoms with van der Waals surface area (Å²) in [5.74, 6) is -0.959. The van der Waals surface area contributed by atoms with E-state index in [0.717, 1.165) is 23.8 Å². The van der Waals surface area contributed by atoms with E-state index < -0.39 is 17.5 Å². The van der Waals surface area contributed by atoms with Gasteiger partial charge in [-0.15, -0.1) is 0 Å². The fraction of sp³-hybridized carbons (Fsp3) is 0.294.